The maximum Gasteiger partial charge on any atom is 0.220 e. The molecule has 0 aliphatic carbocycles. The maximum atomic E-state index is 13.0. The van der Waals surface area contributed by atoms with E-state index in [-0.39, 0.29) is 23.8 Å². The Morgan fingerprint density at radius 1 is 1.44 bits per heavy atom. The third-order valence-electron chi connectivity index (χ3n) is 2.79. The second-order valence-corrected chi connectivity index (χ2v) is 4.71. The van der Waals surface area contributed by atoms with E-state index in [0.29, 0.717) is 6.42 Å². The van der Waals surface area contributed by atoms with Gasteiger partial charge in [0.2, 0.25) is 5.91 Å². The van der Waals surface area contributed by atoms with Gasteiger partial charge in [-0.05, 0) is 44.4 Å². The fraction of sp³-hybridized carbons (Fsp3) is 0.500. The first-order valence-corrected chi connectivity index (χ1v) is 6.29. The Morgan fingerprint density at radius 3 is 2.78 bits per heavy atom. The monoisotopic (exact) mass is 252 g/mol. The lowest BCUT2D eigenvalue weighted by Gasteiger charge is -2.14. The summed E-state index contributed by atoms with van der Waals surface area (Å²) in [6.45, 7) is 3.77. The molecule has 1 rings (SSSR count). The summed E-state index contributed by atoms with van der Waals surface area (Å²) in [5.41, 5.74) is 6.39. The molecule has 100 valence electrons. The molecular weight excluding hydrogens is 231 g/mol. The van der Waals surface area contributed by atoms with Crippen LogP contribution in [0.3, 0.4) is 0 Å². The average Bonchev–Trinajstić information content (AvgIpc) is 2.28. The van der Waals surface area contributed by atoms with E-state index in [4.69, 9.17) is 5.73 Å². The van der Waals surface area contributed by atoms with E-state index in [1.54, 1.807) is 12.1 Å². The van der Waals surface area contributed by atoms with Gasteiger partial charge in [-0.2, -0.15) is 0 Å². The van der Waals surface area contributed by atoms with E-state index in [9.17, 15) is 9.18 Å². The van der Waals surface area contributed by atoms with Crippen LogP contribution in [0.25, 0.3) is 0 Å². The number of amides is 1. The molecular formula is C14H21FN2O. The molecule has 0 bridgehead atoms. The fourth-order valence-corrected chi connectivity index (χ4v) is 1.76. The first-order valence-electron chi connectivity index (χ1n) is 6.29. The maximum absolute atomic E-state index is 13.0. The third kappa shape index (κ3) is 5.27. The number of hydrogen-bond acceptors (Lipinski definition) is 2. The van der Waals surface area contributed by atoms with Crippen molar-refractivity contribution in [2.24, 2.45) is 5.73 Å². The molecule has 0 aromatic heterocycles. The van der Waals surface area contributed by atoms with Gasteiger partial charge in [-0.1, -0.05) is 12.1 Å². The first-order chi connectivity index (χ1) is 8.49. The van der Waals surface area contributed by atoms with Crippen LogP contribution >= 0.6 is 0 Å². The molecule has 1 aromatic carbocycles. The van der Waals surface area contributed by atoms with E-state index < -0.39 is 0 Å². The van der Waals surface area contributed by atoms with Crippen molar-refractivity contribution in [1.29, 1.82) is 0 Å². The van der Waals surface area contributed by atoms with Gasteiger partial charge in [0.15, 0.2) is 0 Å². The Balaban J connectivity index is 2.40. The lowest BCUT2D eigenvalue weighted by Crippen LogP contribution is -2.27. The van der Waals surface area contributed by atoms with Crippen LogP contribution in [-0.4, -0.2) is 11.9 Å². The highest BCUT2D eigenvalue weighted by Crippen LogP contribution is 2.13. The minimum atomic E-state index is -0.287. The molecule has 0 aliphatic heterocycles. The van der Waals surface area contributed by atoms with Gasteiger partial charge in [0.05, 0.1) is 6.04 Å². The molecule has 2 atom stereocenters. The number of nitrogens with two attached hydrogens (primary N) is 1. The van der Waals surface area contributed by atoms with Crippen LogP contribution in [0.5, 0.6) is 0 Å². The Labute approximate surface area is 108 Å². The second-order valence-electron chi connectivity index (χ2n) is 4.71. The van der Waals surface area contributed by atoms with E-state index in [0.717, 1.165) is 18.4 Å². The van der Waals surface area contributed by atoms with Gasteiger partial charge in [0.1, 0.15) is 5.82 Å². The summed E-state index contributed by atoms with van der Waals surface area (Å²) in [6.07, 6.45) is 2.07. The molecule has 3 nitrogen and oxygen atoms in total. The fourth-order valence-electron chi connectivity index (χ4n) is 1.76. The largest absolute Gasteiger partial charge is 0.350 e. The van der Waals surface area contributed by atoms with Crippen LogP contribution < -0.4 is 11.1 Å². The number of halogens is 1. The van der Waals surface area contributed by atoms with Gasteiger partial charge in [-0.15, -0.1) is 0 Å². The minimum absolute atomic E-state index is 0.0209. The van der Waals surface area contributed by atoms with Crippen LogP contribution in [0.2, 0.25) is 0 Å². The molecule has 4 heteroatoms. The van der Waals surface area contributed by atoms with Gasteiger partial charge in [0.25, 0.3) is 0 Å². The quantitative estimate of drug-likeness (QED) is 0.817. The van der Waals surface area contributed by atoms with Crippen molar-refractivity contribution < 1.29 is 9.18 Å². The molecule has 0 saturated heterocycles. The van der Waals surface area contributed by atoms with Gasteiger partial charge in [-0.25, -0.2) is 4.39 Å². The standard InChI is InChI=1S/C14H21FN2O/c1-10(16)5-3-8-14(18)17-11(2)12-6-4-7-13(15)9-12/h4,6-7,9-11H,3,5,8,16H2,1-2H3,(H,17,18)/t10?,11-/m0/s1. The number of hydrogen-bond donors (Lipinski definition) is 2. The van der Waals surface area contributed by atoms with E-state index in [2.05, 4.69) is 5.32 Å². The smallest absolute Gasteiger partial charge is 0.220 e. The van der Waals surface area contributed by atoms with Gasteiger partial charge < -0.3 is 11.1 Å². The first kappa shape index (κ1) is 14.6. The van der Waals surface area contributed by atoms with Crippen molar-refractivity contribution in [1.82, 2.24) is 5.32 Å². The minimum Gasteiger partial charge on any atom is -0.350 e. The predicted molar refractivity (Wildman–Crippen MR) is 70.5 cm³/mol. The molecule has 0 saturated carbocycles. The molecule has 0 aliphatic rings. The lowest BCUT2D eigenvalue weighted by molar-refractivity contribution is -0.121. The molecule has 0 radical (unpaired) electrons. The molecule has 3 N–H and O–H groups in total. The van der Waals surface area contributed by atoms with Crippen molar-refractivity contribution in [3.05, 3.63) is 35.6 Å². The third-order valence-corrected chi connectivity index (χ3v) is 2.79. The van der Waals surface area contributed by atoms with Crippen LogP contribution in [0, 0.1) is 5.82 Å². The second kappa shape index (κ2) is 7.11. The van der Waals surface area contributed by atoms with E-state index in [1.807, 2.05) is 13.8 Å². The summed E-state index contributed by atoms with van der Waals surface area (Å²) in [5.74, 6) is -0.307. The Morgan fingerprint density at radius 2 is 2.17 bits per heavy atom. The van der Waals surface area contributed by atoms with Crippen LogP contribution in [-0.2, 0) is 4.79 Å². The summed E-state index contributed by atoms with van der Waals surface area (Å²) in [5, 5.41) is 2.85. The summed E-state index contributed by atoms with van der Waals surface area (Å²) < 4.78 is 13.0. The van der Waals surface area contributed by atoms with Crippen molar-refractivity contribution in [3.8, 4) is 0 Å². The van der Waals surface area contributed by atoms with Crippen molar-refractivity contribution >= 4 is 5.91 Å². The van der Waals surface area contributed by atoms with Crippen molar-refractivity contribution in [3.63, 3.8) is 0 Å². The topological polar surface area (TPSA) is 55.1 Å². The molecule has 1 aromatic rings. The number of rotatable bonds is 6. The number of carbonyl (C=O) groups is 1. The zero-order valence-corrected chi connectivity index (χ0v) is 10.9. The lowest BCUT2D eigenvalue weighted by atomic mass is 10.1. The molecule has 1 unspecified atom stereocenters. The highest BCUT2D eigenvalue weighted by Gasteiger charge is 2.10. The SMILES string of the molecule is CC(N)CCCC(=O)N[C@@H](C)c1cccc(F)c1. The summed E-state index contributed by atoms with van der Waals surface area (Å²) >= 11 is 0. The zero-order valence-electron chi connectivity index (χ0n) is 10.9. The molecule has 1 amide bonds. The predicted octanol–water partition coefficient (Wildman–Crippen LogP) is 2.52. The van der Waals surface area contributed by atoms with Gasteiger partial charge in [0, 0.05) is 12.5 Å². The average molecular weight is 252 g/mol. The van der Waals surface area contributed by atoms with Gasteiger partial charge >= 0.3 is 0 Å². The normalized spacial score (nSPS) is 14.0. The summed E-state index contributed by atoms with van der Waals surface area (Å²) in [7, 11) is 0. The highest BCUT2D eigenvalue weighted by atomic mass is 19.1. The highest BCUT2D eigenvalue weighted by molar-refractivity contribution is 5.76. The molecule has 0 spiro atoms. The summed E-state index contributed by atoms with van der Waals surface area (Å²) in [4.78, 5) is 11.6. The zero-order chi connectivity index (χ0) is 13.5. The molecule has 0 fully saturated rings. The molecule has 0 heterocycles. The van der Waals surface area contributed by atoms with Crippen molar-refractivity contribution in [2.75, 3.05) is 0 Å². The van der Waals surface area contributed by atoms with Gasteiger partial charge in [-0.3, -0.25) is 4.79 Å². The summed E-state index contributed by atoms with van der Waals surface area (Å²) in [6, 6.07) is 6.22. The van der Waals surface area contributed by atoms with E-state index >= 15 is 0 Å². The van der Waals surface area contributed by atoms with Crippen LogP contribution in [0.4, 0.5) is 4.39 Å². The van der Waals surface area contributed by atoms with Crippen LogP contribution in [0.15, 0.2) is 24.3 Å². The Bertz CT molecular complexity index is 393. The Hall–Kier alpha value is -1.42. The molecule has 18 heavy (non-hydrogen) atoms. The number of benzene rings is 1. The number of nitrogens with one attached hydrogen (secondary N) is 1. The number of carbonyl (C=O) groups excluding carboxylic acids is 1. The van der Waals surface area contributed by atoms with Crippen LogP contribution in [0.1, 0.15) is 44.7 Å². The van der Waals surface area contributed by atoms with E-state index in [1.165, 1.54) is 12.1 Å². The Kier molecular flexibility index (Phi) is 5.78. The van der Waals surface area contributed by atoms with Crippen molar-refractivity contribution in [2.45, 2.75) is 45.2 Å².